The molecule has 0 aliphatic carbocycles. The number of carbonyl (C=O) groups is 1. The molecule has 0 bridgehead atoms. The summed E-state index contributed by atoms with van der Waals surface area (Å²) in [5, 5.41) is 9.43. The minimum Gasteiger partial charge on any atom is -0.493 e. The molecule has 0 saturated heterocycles. The summed E-state index contributed by atoms with van der Waals surface area (Å²) in [6.45, 7) is 8.28. The van der Waals surface area contributed by atoms with Gasteiger partial charge in [0.15, 0.2) is 5.43 Å². The fourth-order valence-electron chi connectivity index (χ4n) is 4.00. The molecule has 0 amide bonds. The van der Waals surface area contributed by atoms with E-state index in [9.17, 15) is 14.7 Å². The third-order valence-electron chi connectivity index (χ3n) is 5.64. The maximum absolute atomic E-state index is 12.5. The highest BCUT2D eigenvalue weighted by Gasteiger charge is 2.29. The van der Waals surface area contributed by atoms with E-state index in [1.165, 1.54) is 12.3 Å². The Kier molecular flexibility index (Phi) is 7.51. The van der Waals surface area contributed by atoms with Crippen molar-refractivity contribution in [2.75, 3.05) is 26.9 Å². The molecule has 1 aliphatic heterocycles. The molecular formula is C24H31NO6. The number of pyridine rings is 1. The van der Waals surface area contributed by atoms with E-state index in [-0.39, 0.29) is 17.5 Å². The SMILES string of the molecule is CCOCc1cc2c(cc1OCCCOC)C[C@H](C(C)C)n1cc(C(=O)O)c(=O)cc1-2. The Morgan fingerprint density at radius 1 is 1.26 bits per heavy atom. The van der Waals surface area contributed by atoms with E-state index in [0.29, 0.717) is 26.4 Å². The van der Waals surface area contributed by atoms with Crippen molar-refractivity contribution in [1.29, 1.82) is 0 Å². The van der Waals surface area contributed by atoms with Crippen LogP contribution in [0.15, 0.2) is 29.2 Å². The normalized spacial score (nSPS) is 14.9. The molecule has 3 rings (SSSR count). The van der Waals surface area contributed by atoms with Crippen LogP contribution in [0, 0.1) is 5.92 Å². The zero-order valence-corrected chi connectivity index (χ0v) is 18.6. The van der Waals surface area contributed by atoms with E-state index in [4.69, 9.17) is 14.2 Å². The first-order valence-corrected chi connectivity index (χ1v) is 10.7. The molecule has 1 aliphatic rings. The van der Waals surface area contributed by atoms with Gasteiger partial charge in [0.1, 0.15) is 11.3 Å². The molecule has 1 N–H and O–H groups in total. The lowest BCUT2D eigenvalue weighted by molar-refractivity contribution is 0.0694. The number of carboxylic acid groups (broad SMARTS) is 1. The monoisotopic (exact) mass is 429 g/mol. The van der Waals surface area contributed by atoms with Crippen LogP contribution in [-0.2, 0) is 22.5 Å². The molecule has 31 heavy (non-hydrogen) atoms. The van der Waals surface area contributed by atoms with Crippen LogP contribution in [0.1, 0.15) is 54.7 Å². The molecule has 1 atom stereocenters. The van der Waals surface area contributed by atoms with Crippen molar-refractivity contribution in [3.05, 3.63) is 51.3 Å². The number of aromatic nitrogens is 1. The van der Waals surface area contributed by atoms with Crippen LogP contribution < -0.4 is 10.2 Å². The van der Waals surface area contributed by atoms with E-state index in [1.807, 2.05) is 23.6 Å². The second-order valence-electron chi connectivity index (χ2n) is 8.11. The Labute approximate surface area is 182 Å². The number of rotatable bonds is 10. The van der Waals surface area contributed by atoms with E-state index >= 15 is 0 Å². The van der Waals surface area contributed by atoms with Gasteiger partial charge in [0.05, 0.1) is 18.9 Å². The minimum atomic E-state index is -1.20. The maximum Gasteiger partial charge on any atom is 0.341 e. The van der Waals surface area contributed by atoms with E-state index in [2.05, 4.69) is 13.8 Å². The second kappa shape index (κ2) is 10.1. The standard InChI is InChI=1S/C24H31NO6/c1-5-30-14-17-9-18-16(11-23(17)31-8-6-7-29-4)10-20(15(2)3)25-13-19(24(27)28)22(26)12-21(18)25/h9,11-13,15,20H,5-8,10,14H2,1-4H3,(H,27,28)/t20-/m1/s1. The van der Waals surface area contributed by atoms with E-state index in [0.717, 1.165) is 41.0 Å². The number of fused-ring (bicyclic) bond motifs is 3. The van der Waals surface area contributed by atoms with Crippen molar-refractivity contribution >= 4 is 5.97 Å². The number of ether oxygens (including phenoxy) is 3. The average molecular weight is 430 g/mol. The van der Waals surface area contributed by atoms with Crippen LogP contribution in [0.4, 0.5) is 0 Å². The molecule has 7 nitrogen and oxygen atoms in total. The number of aromatic carboxylic acids is 1. The van der Waals surface area contributed by atoms with Gasteiger partial charge in [0.25, 0.3) is 0 Å². The largest absolute Gasteiger partial charge is 0.493 e. The Balaban J connectivity index is 2.11. The van der Waals surface area contributed by atoms with Gasteiger partial charge in [-0.25, -0.2) is 4.79 Å². The first kappa shape index (κ1) is 23.0. The number of hydrogen-bond donors (Lipinski definition) is 1. The highest BCUT2D eigenvalue weighted by molar-refractivity contribution is 5.87. The highest BCUT2D eigenvalue weighted by Crippen LogP contribution is 2.40. The summed E-state index contributed by atoms with van der Waals surface area (Å²) in [5.41, 5.74) is 2.96. The number of methoxy groups -OCH3 is 1. The third-order valence-corrected chi connectivity index (χ3v) is 5.64. The molecule has 0 fully saturated rings. The van der Waals surface area contributed by atoms with Gasteiger partial charge in [-0.2, -0.15) is 0 Å². The Morgan fingerprint density at radius 3 is 2.68 bits per heavy atom. The highest BCUT2D eigenvalue weighted by atomic mass is 16.5. The number of hydrogen-bond acceptors (Lipinski definition) is 5. The van der Waals surface area contributed by atoms with Crippen LogP contribution >= 0.6 is 0 Å². The van der Waals surface area contributed by atoms with Crippen LogP contribution in [-0.4, -0.2) is 42.6 Å². The van der Waals surface area contributed by atoms with Crippen molar-refractivity contribution in [3.8, 4) is 17.0 Å². The smallest absolute Gasteiger partial charge is 0.341 e. The summed E-state index contributed by atoms with van der Waals surface area (Å²) in [6.07, 6.45) is 3.00. The lowest BCUT2D eigenvalue weighted by Gasteiger charge is -2.34. The van der Waals surface area contributed by atoms with Crippen molar-refractivity contribution in [1.82, 2.24) is 4.57 Å². The first-order chi connectivity index (χ1) is 14.9. The van der Waals surface area contributed by atoms with Gasteiger partial charge in [-0.05, 0) is 37.0 Å². The molecule has 1 aromatic carbocycles. The molecule has 2 aromatic rings. The predicted molar refractivity (Wildman–Crippen MR) is 118 cm³/mol. The minimum absolute atomic E-state index is 0.0419. The summed E-state index contributed by atoms with van der Waals surface area (Å²) in [6, 6.07) is 5.55. The van der Waals surface area contributed by atoms with Crippen molar-refractivity contribution in [2.45, 2.75) is 46.3 Å². The first-order valence-electron chi connectivity index (χ1n) is 10.7. The molecule has 168 valence electrons. The lowest BCUT2D eigenvalue weighted by Crippen LogP contribution is -2.28. The summed E-state index contributed by atoms with van der Waals surface area (Å²) in [5.74, 6) is -0.167. The zero-order chi connectivity index (χ0) is 22.5. The van der Waals surface area contributed by atoms with Crippen LogP contribution in [0.5, 0.6) is 5.75 Å². The summed E-state index contributed by atoms with van der Waals surface area (Å²) in [4.78, 5) is 24.0. The third kappa shape index (κ3) is 4.99. The van der Waals surface area contributed by atoms with E-state index in [1.54, 1.807) is 7.11 Å². The quantitative estimate of drug-likeness (QED) is 0.576. The van der Waals surface area contributed by atoms with Crippen molar-refractivity contribution in [2.24, 2.45) is 5.92 Å². The van der Waals surface area contributed by atoms with Gasteiger partial charge in [-0.1, -0.05) is 13.8 Å². The molecule has 7 heteroatoms. The molecule has 2 heterocycles. The fourth-order valence-corrected chi connectivity index (χ4v) is 4.00. The maximum atomic E-state index is 12.5. The number of benzene rings is 1. The Morgan fingerprint density at radius 2 is 2.03 bits per heavy atom. The second-order valence-corrected chi connectivity index (χ2v) is 8.11. The topological polar surface area (TPSA) is 87.0 Å². The molecular weight excluding hydrogens is 398 g/mol. The van der Waals surface area contributed by atoms with Gasteiger partial charge in [0, 0.05) is 56.2 Å². The molecule has 0 unspecified atom stereocenters. The predicted octanol–water partition coefficient (Wildman–Crippen LogP) is 3.92. The van der Waals surface area contributed by atoms with Crippen LogP contribution in [0.3, 0.4) is 0 Å². The van der Waals surface area contributed by atoms with Crippen molar-refractivity contribution in [3.63, 3.8) is 0 Å². The molecule has 0 saturated carbocycles. The van der Waals surface area contributed by atoms with Crippen molar-refractivity contribution < 1.29 is 24.1 Å². The molecule has 0 spiro atoms. The average Bonchev–Trinajstić information content (AvgIpc) is 2.73. The van der Waals surface area contributed by atoms with Crippen LogP contribution in [0.25, 0.3) is 11.3 Å². The summed E-state index contributed by atoms with van der Waals surface area (Å²) < 4.78 is 18.8. The molecule has 0 radical (unpaired) electrons. The number of carboxylic acids is 1. The van der Waals surface area contributed by atoms with Gasteiger partial charge < -0.3 is 23.9 Å². The summed E-state index contributed by atoms with van der Waals surface area (Å²) in [7, 11) is 1.67. The van der Waals surface area contributed by atoms with Gasteiger partial charge >= 0.3 is 5.97 Å². The zero-order valence-electron chi connectivity index (χ0n) is 18.6. The Bertz CT molecular complexity index is 994. The van der Waals surface area contributed by atoms with E-state index < -0.39 is 11.4 Å². The fraction of sp³-hybridized carbons (Fsp3) is 0.500. The Hall–Kier alpha value is -2.64. The number of nitrogens with zero attached hydrogens (tertiary/aromatic N) is 1. The molecule has 1 aromatic heterocycles. The lowest BCUT2D eigenvalue weighted by atomic mass is 9.86. The van der Waals surface area contributed by atoms with Gasteiger partial charge in [-0.3, -0.25) is 4.79 Å². The van der Waals surface area contributed by atoms with Gasteiger partial charge in [-0.15, -0.1) is 0 Å². The van der Waals surface area contributed by atoms with Gasteiger partial charge in [0.2, 0.25) is 0 Å². The summed E-state index contributed by atoms with van der Waals surface area (Å²) >= 11 is 0. The van der Waals surface area contributed by atoms with Crippen LogP contribution in [0.2, 0.25) is 0 Å².